The molecule has 24 heavy (non-hydrogen) atoms. The van der Waals surface area contributed by atoms with Crippen LogP contribution in [0.4, 0.5) is 10.5 Å². The standard InChI is InChI=1S/C18H18N2O3S/c21-18(19-14-3-1-4-15-17(14)23-11-10-22-15)20-8-6-13(7-9-20)16-5-2-12-24-16/h1-6,12H,7-11H2,(H,19,21). The molecule has 2 amide bonds. The topological polar surface area (TPSA) is 50.8 Å². The third kappa shape index (κ3) is 2.97. The number of ether oxygens (including phenoxy) is 2. The van der Waals surface area contributed by atoms with Crippen molar-refractivity contribution >= 4 is 28.6 Å². The van der Waals surface area contributed by atoms with Gasteiger partial charge in [0.2, 0.25) is 0 Å². The highest BCUT2D eigenvalue weighted by Crippen LogP contribution is 2.37. The van der Waals surface area contributed by atoms with Crippen LogP contribution in [0.1, 0.15) is 11.3 Å². The van der Waals surface area contributed by atoms with E-state index in [1.54, 1.807) is 16.2 Å². The van der Waals surface area contributed by atoms with E-state index >= 15 is 0 Å². The second-order valence-electron chi connectivity index (χ2n) is 5.66. The second kappa shape index (κ2) is 6.57. The van der Waals surface area contributed by atoms with E-state index < -0.39 is 0 Å². The zero-order chi connectivity index (χ0) is 16.4. The van der Waals surface area contributed by atoms with Crippen LogP contribution in [-0.4, -0.2) is 37.2 Å². The number of carbonyl (C=O) groups excluding carboxylic acids is 1. The number of urea groups is 1. The van der Waals surface area contributed by atoms with Gasteiger partial charge in [-0.1, -0.05) is 18.2 Å². The lowest BCUT2D eigenvalue weighted by Gasteiger charge is -2.27. The summed E-state index contributed by atoms with van der Waals surface area (Å²) >= 11 is 1.74. The molecule has 0 aliphatic carbocycles. The smallest absolute Gasteiger partial charge is 0.322 e. The fraction of sp³-hybridized carbons (Fsp3) is 0.278. The number of anilines is 1. The summed E-state index contributed by atoms with van der Waals surface area (Å²) in [6.07, 6.45) is 3.01. The summed E-state index contributed by atoms with van der Waals surface area (Å²) in [5.74, 6) is 1.29. The number of fused-ring (bicyclic) bond motifs is 1. The highest BCUT2D eigenvalue weighted by molar-refractivity contribution is 7.11. The van der Waals surface area contributed by atoms with E-state index in [0.29, 0.717) is 43.5 Å². The summed E-state index contributed by atoms with van der Waals surface area (Å²) in [7, 11) is 0. The highest BCUT2D eigenvalue weighted by Gasteiger charge is 2.21. The van der Waals surface area contributed by atoms with E-state index in [2.05, 4.69) is 28.9 Å². The molecule has 1 aromatic heterocycles. The van der Waals surface area contributed by atoms with E-state index in [1.807, 2.05) is 18.2 Å². The Morgan fingerprint density at radius 3 is 2.88 bits per heavy atom. The van der Waals surface area contributed by atoms with Crippen molar-refractivity contribution in [3.8, 4) is 11.5 Å². The lowest BCUT2D eigenvalue weighted by molar-refractivity contribution is 0.172. The molecule has 124 valence electrons. The molecule has 0 spiro atoms. The summed E-state index contributed by atoms with van der Waals surface area (Å²) in [5, 5.41) is 5.02. The number of amides is 2. The average Bonchev–Trinajstić information content (AvgIpc) is 3.17. The highest BCUT2D eigenvalue weighted by atomic mass is 32.1. The third-order valence-corrected chi connectivity index (χ3v) is 5.09. The van der Waals surface area contributed by atoms with Gasteiger partial charge in [-0.05, 0) is 35.6 Å². The maximum Gasteiger partial charge on any atom is 0.322 e. The maximum absolute atomic E-state index is 12.5. The molecule has 0 unspecified atom stereocenters. The molecular weight excluding hydrogens is 324 g/mol. The quantitative estimate of drug-likeness (QED) is 0.902. The molecule has 3 heterocycles. The Hall–Kier alpha value is -2.47. The zero-order valence-electron chi connectivity index (χ0n) is 13.2. The first-order valence-corrected chi connectivity index (χ1v) is 8.87. The van der Waals surface area contributed by atoms with Crippen LogP contribution in [0.2, 0.25) is 0 Å². The Morgan fingerprint density at radius 2 is 2.08 bits per heavy atom. The molecule has 1 N–H and O–H groups in total. The predicted octanol–water partition coefficient (Wildman–Crippen LogP) is 3.84. The van der Waals surface area contributed by atoms with Crippen molar-refractivity contribution in [2.75, 3.05) is 31.6 Å². The summed E-state index contributed by atoms with van der Waals surface area (Å²) in [5.41, 5.74) is 1.98. The number of rotatable bonds is 2. The molecule has 0 bridgehead atoms. The number of carbonyl (C=O) groups is 1. The normalized spacial score (nSPS) is 16.5. The Balaban J connectivity index is 1.44. The molecule has 4 rings (SSSR count). The largest absolute Gasteiger partial charge is 0.486 e. The number of thiophene rings is 1. The molecule has 2 aliphatic heterocycles. The van der Waals surface area contributed by atoms with Crippen molar-refractivity contribution in [3.63, 3.8) is 0 Å². The van der Waals surface area contributed by atoms with E-state index in [1.165, 1.54) is 10.5 Å². The lowest BCUT2D eigenvalue weighted by Crippen LogP contribution is -2.38. The van der Waals surface area contributed by atoms with Crippen molar-refractivity contribution in [2.45, 2.75) is 6.42 Å². The first-order valence-electron chi connectivity index (χ1n) is 7.99. The van der Waals surface area contributed by atoms with Gasteiger partial charge in [-0.2, -0.15) is 0 Å². The first-order chi connectivity index (χ1) is 11.8. The average molecular weight is 342 g/mol. The monoisotopic (exact) mass is 342 g/mol. The van der Waals surface area contributed by atoms with E-state index in [4.69, 9.17) is 9.47 Å². The molecule has 2 aromatic rings. The summed E-state index contributed by atoms with van der Waals surface area (Å²) < 4.78 is 11.2. The van der Waals surface area contributed by atoms with Crippen LogP contribution in [0, 0.1) is 0 Å². The third-order valence-electron chi connectivity index (χ3n) is 4.14. The minimum atomic E-state index is -0.112. The van der Waals surface area contributed by atoms with Crippen LogP contribution in [-0.2, 0) is 0 Å². The SMILES string of the molecule is O=C(Nc1cccc2c1OCCO2)N1CC=C(c2cccs2)CC1. The molecule has 2 aliphatic rings. The fourth-order valence-electron chi connectivity index (χ4n) is 2.91. The fourth-order valence-corrected chi connectivity index (χ4v) is 3.70. The number of nitrogens with one attached hydrogen (secondary N) is 1. The van der Waals surface area contributed by atoms with Crippen LogP contribution < -0.4 is 14.8 Å². The van der Waals surface area contributed by atoms with Crippen LogP contribution in [0.15, 0.2) is 41.8 Å². The van der Waals surface area contributed by atoms with Gasteiger partial charge in [0.1, 0.15) is 13.2 Å². The van der Waals surface area contributed by atoms with Gasteiger partial charge in [0.25, 0.3) is 0 Å². The molecule has 1 aromatic carbocycles. The van der Waals surface area contributed by atoms with Gasteiger partial charge in [0.05, 0.1) is 5.69 Å². The van der Waals surface area contributed by atoms with Crippen LogP contribution >= 0.6 is 11.3 Å². The zero-order valence-corrected chi connectivity index (χ0v) is 14.0. The van der Waals surface area contributed by atoms with Crippen LogP contribution in [0.5, 0.6) is 11.5 Å². The van der Waals surface area contributed by atoms with Crippen molar-refractivity contribution in [1.29, 1.82) is 0 Å². The summed E-state index contributed by atoms with van der Waals surface area (Å²) in [6, 6.07) is 9.61. The van der Waals surface area contributed by atoms with Crippen molar-refractivity contribution in [2.24, 2.45) is 0 Å². The van der Waals surface area contributed by atoms with Crippen molar-refractivity contribution in [3.05, 3.63) is 46.7 Å². The lowest BCUT2D eigenvalue weighted by atomic mass is 10.1. The van der Waals surface area contributed by atoms with Crippen LogP contribution in [0.25, 0.3) is 5.57 Å². The van der Waals surface area contributed by atoms with Gasteiger partial charge in [0.15, 0.2) is 11.5 Å². The molecule has 5 nitrogen and oxygen atoms in total. The van der Waals surface area contributed by atoms with E-state index in [0.717, 1.165) is 6.42 Å². The summed E-state index contributed by atoms with van der Waals surface area (Å²) in [4.78, 5) is 15.6. The number of hydrogen-bond donors (Lipinski definition) is 1. The molecule has 0 fully saturated rings. The Bertz CT molecular complexity index is 771. The Morgan fingerprint density at radius 1 is 1.17 bits per heavy atom. The minimum absolute atomic E-state index is 0.112. The number of nitrogens with zero attached hydrogens (tertiary/aromatic N) is 1. The van der Waals surface area contributed by atoms with Crippen molar-refractivity contribution in [1.82, 2.24) is 4.90 Å². The van der Waals surface area contributed by atoms with Gasteiger partial charge in [-0.3, -0.25) is 0 Å². The molecule has 6 heteroatoms. The summed E-state index contributed by atoms with van der Waals surface area (Å²) in [6.45, 7) is 2.36. The number of hydrogen-bond acceptors (Lipinski definition) is 4. The van der Waals surface area contributed by atoms with Gasteiger partial charge < -0.3 is 19.7 Å². The number of para-hydroxylation sites is 1. The minimum Gasteiger partial charge on any atom is -0.486 e. The van der Waals surface area contributed by atoms with Crippen LogP contribution in [0.3, 0.4) is 0 Å². The van der Waals surface area contributed by atoms with Gasteiger partial charge >= 0.3 is 6.03 Å². The van der Waals surface area contributed by atoms with E-state index in [-0.39, 0.29) is 6.03 Å². The number of benzene rings is 1. The molecule has 0 saturated carbocycles. The molecule has 0 atom stereocenters. The predicted molar refractivity (Wildman–Crippen MR) is 94.9 cm³/mol. The molecule has 0 saturated heterocycles. The Kier molecular flexibility index (Phi) is 4.13. The van der Waals surface area contributed by atoms with Gasteiger partial charge in [-0.25, -0.2) is 4.79 Å². The molecule has 0 radical (unpaired) electrons. The van der Waals surface area contributed by atoms with Gasteiger partial charge in [-0.15, -0.1) is 11.3 Å². The maximum atomic E-state index is 12.5. The second-order valence-corrected chi connectivity index (χ2v) is 6.61. The van der Waals surface area contributed by atoms with Crippen molar-refractivity contribution < 1.29 is 14.3 Å². The van der Waals surface area contributed by atoms with Gasteiger partial charge in [0, 0.05) is 18.0 Å². The Labute approximate surface area is 144 Å². The first kappa shape index (κ1) is 15.1. The molecular formula is C18H18N2O3S. The van der Waals surface area contributed by atoms with E-state index in [9.17, 15) is 4.79 Å².